The molecule has 1 aromatic carbocycles. The molecular formula is C22H35NO3. The molecule has 0 saturated heterocycles. The maximum atomic E-state index is 12.0. The van der Waals surface area contributed by atoms with Gasteiger partial charge in [0.25, 0.3) is 0 Å². The first-order chi connectivity index (χ1) is 12.6. The molecule has 26 heavy (non-hydrogen) atoms. The molecule has 1 aromatic rings. The molecule has 0 fully saturated rings. The summed E-state index contributed by atoms with van der Waals surface area (Å²) in [6.07, 6.45) is 11.3. The van der Waals surface area contributed by atoms with E-state index in [1.54, 1.807) is 18.2 Å². The molecule has 0 spiro atoms. The van der Waals surface area contributed by atoms with E-state index in [1.807, 2.05) is 0 Å². The zero-order valence-electron chi connectivity index (χ0n) is 16.5. The molecule has 0 atom stereocenters. The van der Waals surface area contributed by atoms with Crippen molar-refractivity contribution in [3.63, 3.8) is 0 Å². The quantitative estimate of drug-likeness (QED) is 0.340. The molecule has 0 aliphatic heterocycles. The summed E-state index contributed by atoms with van der Waals surface area (Å²) in [5, 5.41) is 12.5. The van der Waals surface area contributed by atoms with Crippen LogP contribution in [0.3, 0.4) is 0 Å². The van der Waals surface area contributed by atoms with E-state index < -0.39 is 0 Å². The summed E-state index contributed by atoms with van der Waals surface area (Å²) in [6, 6.07) is 5.08. The summed E-state index contributed by atoms with van der Waals surface area (Å²) >= 11 is 0. The number of carbonyl (C=O) groups excluding carboxylic acids is 1. The molecule has 0 aliphatic carbocycles. The number of nitrogens with one attached hydrogen (secondary N) is 1. The predicted octanol–water partition coefficient (Wildman–Crippen LogP) is 5.49. The van der Waals surface area contributed by atoms with E-state index in [0.29, 0.717) is 18.7 Å². The van der Waals surface area contributed by atoms with Gasteiger partial charge in [-0.05, 0) is 37.0 Å². The molecule has 2 N–H and O–H groups in total. The molecule has 146 valence electrons. The fourth-order valence-electron chi connectivity index (χ4n) is 2.87. The Morgan fingerprint density at radius 3 is 2.46 bits per heavy atom. The van der Waals surface area contributed by atoms with Gasteiger partial charge >= 0.3 is 0 Å². The summed E-state index contributed by atoms with van der Waals surface area (Å²) in [4.78, 5) is 12.0. The number of amides is 1. The average molecular weight is 362 g/mol. The van der Waals surface area contributed by atoms with Crippen molar-refractivity contribution in [3.8, 4) is 11.5 Å². The fourth-order valence-corrected chi connectivity index (χ4v) is 2.87. The van der Waals surface area contributed by atoms with E-state index in [1.165, 1.54) is 57.6 Å². The molecule has 0 unspecified atom stereocenters. The number of carbonyl (C=O) groups is 1. The van der Waals surface area contributed by atoms with Gasteiger partial charge in [0, 0.05) is 13.0 Å². The lowest BCUT2D eigenvalue weighted by atomic mass is 10.0. The summed E-state index contributed by atoms with van der Waals surface area (Å²) in [6.45, 7) is 6.77. The maximum absolute atomic E-state index is 12.0. The van der Waals surface area contributed by atoms with Gasteiger partial charge < -0.3 is 15.2 Å². The lowest BCUT2D eigenvalue weighted by Crippen LogP contribution is -2.22. The van der Waals surface area contributed by atoms with E-state index in [9.17, 15) is 9.90 Å². The number of phenols is 1. The van der Waals surface area contributed by atoms with Crippen LogP contribution in [0.4, 0.5) is 0 Å². The summed E-state index contributed by atoms with van der Waals surface area (Å²) in [7, 11) is 1.51. The van der Waals surface area contributed by atoms with Crippen LogP contribution >= 0.6 is 0 Å². The third kappa shape index (κ3) is 9.50. The molecule has 1 rings (SSSR count). The Bertz CT molecular complexity index is 554. The van der Waals surface area contributed by atoms with Gasteiger partial charge in [-0.25, -0.2) is 0 Å². The Balaban J connectivity index is 2.13. The van der Waals surface area contributed by atoms with Gasteiger partial charge in [0.1, 0.15) is 0 Å². The molecule has 0 aliphatic rings. The molecule has 0 bridgehead atoms. The largest absolute Gasteiger partial charge is 0.504 e. The van der Waals surface area contributed by atoms with Gasteiger partial charge in [0.05, 0.1) is 7.11 Å². The van der Waals surface area contributed by atoms with Crippen LogP contribution in [0.25, 0.3) is 0 Å². The maximum Gasteiger partial charge on any atom is 0.220 e. The van der Waals surface area contributed by atoms with Crippen molar-refractivity contribution >= 4 is 5.91 Å². The molecule has 1 amide bonds. The summed E-state index contributed by atoms with van der Waals surface area (Å²) in [5.41, 5.74) is 2.06. The second-order valence-corrected chi connectivity index (χ2v) is 6.90. The number of aromatic hydroxyl groups is 1. The summed E-state index contributed by atoms with van der Waals surface area (Å²) in [5.74, 6) is 0.543. The van der Waals surface area contributed by atoms with Crippen molar-refractivity contribution in [2.45, 2.75) is 77.7 Å². The van der Waals surface area contributed by atoms with Crippen molar-refractivity contribution in [1.82, 2.24) is 5.32 Å². The molecule has 0 heterocycles. The van der Waals surface area contributed by atoms with Crippen LogP contribution in [-0.2, 0) is 11.3 Å². The normalized spacial score (nSPS) is 10.5. The van der Waals surface area contributed by atoms with E-state index in [2.05, 4.69) is 18.8 Å². The van der Waals surface area contributed by atoms with Gasteiger partial charge in [-0.15, -0.1) is 0 Å². The molecule has 0 saturated carbocycles. The molecule has 0 radical (unpaired) electrons. The van der Waals surface area contributed by atoms with E-state index in [-0.39, 0.29) is 11.7 Å². The van der Waals surface area contributed by atoms with Crippen molar-refractivity contribution in [2.24, 2.45) is 0 Å². The van der Waals surface area contributed by atoms with E-state index in [0.717, 1.165) is 18.4 Å². The number of phenolic OH excluding ortho intramolecular Hbond substituents is 1. The highest BCUT2D eigenvalue weighted by molar-refractivity contribution is 5.76. The van der Waals surface area contributed by atoms with Crippen LogP contribution in [0.5, 0.6) is 11.5 Å². The standard InChI is InChI=1S/C22H35NO3/c1-4-5-6-7-8-9-10-11-18(2)12-15-22(25)23-17-19-13-14-20(24)21(16-19)26-3/h13-14,16,24H,2,4-12,15,17H2,1,3H3,(H,23,25). The van der Waals surface area contributed by atoms with Gasteiger partial charge in [-0.2, -0.15) is 0 Å². The lowest BCUT2D eigenvalue weighted by molar-refractivity contribution is -0.121. The van der Waals surface area contributed by atoms with Crippen molar-refractivity contribution in [3.05, 3.63) is 35.9 Å². The average Bonchev–Trinajstić information content (AvgIpc) is 2.65. The highest BCUT2D eigenvalue weighted by Gasteiger charge is 2.06. The van der Waals surface area contributed by atoms with Crippen molar-refractivity contribution in [2.75, 3.05) is 7.11 Å². The second-order valence-electron chi connectivity index (χ2n) is 6.90. The van der Waals surface area contributed by atoms with Crippen molar-refractivity contribution < 1.29 is 14.6 Å². The minimum atomic E-state index is 0.0257. The molecule has 4 heteroatoms. The van der Waals surface area contributed by atoms with E-state index >= 15 is 0 Å². The topological polar surface area (TPSA) is 58.6 Å². The zero-order valence-corrected chi connectivity index (χ0v) is 16.5. The monoisotopic (exact) mass is 361 g/mol. The minimum Gasteiger partial charge on any atom is -0.504 e. The van der Waals surface area contributed by atoms with Crippen LogP contribution in [0.2, 0.25) is 0 Å². The first-order valence-corrected chi connectivity index (χ1v) is 9.86. The Kier molecular flexibility index (Phi) is 11.3. The minimum absolute atomic E-state index is 0.0257. The van der Waals surface area contributed by atoms with Gasteiger partial charge in [-0.1, -0.05) is 63.7 Å². The Labute approximate surface area is 158 Å². The number of methoxy groups -OCH3 is 1. The molecule has 0 aromatic heterocycles. The second kappa shape index (κ2) is 13.3. The van der Waals surface area contributed by atoms with Gasteiger partial charge in [0.2, 0.25) is 5.91 Å². The summed E-state index contributed by atoms with van der Waals surface area (Å²) < 4.78 is 5.07. The Morgan fingerprint density at radius 1 is 1.08 bits per heavy atom. The third-order valence-electron chi connectivity index (χ3n) is 4.57. The SMILES string of the molecule is C=C(CCCCCCCCC)CCC(=O)NCc1ccc(O)c(OC)c1. The van der Waals surface area contributed by atoms with Gasteiger partial charge in [-0.3, -0.25) is 4.79 Å². The number of hydrogen-bond donors (Lipinski definition) is 2. The van der Waals surface area contributed by atoms with Crippen LogP contribution in [0, 0.1) is 0 Å². The van der Waals surface area contributed by atoms with E-state index in [4.69, 9.17) is 4.74 Å². The number of benzene rings is 1. The van der Waals surface area contributed by atoms with Gasteiger partial charge in [0.15, 0.2) is 11.5 Å². The smallest absolute Gasteiger partial charge is 0.220 e. The van der Waals surface area contributed by atoms with Crippen molar-refractivity contribution in [1.29, 1.82) is 0 Å². The lowest BCUT2D eigenvalue weighted by Gasteiger charge is -2.09. The Morgan fingerprint density at radius 2 is 1.77 bits per heavy atom. The van der Waals surface area contributed by atoms with Crippen LogP contribution < -0.4 is 10.1 Å². The molecule has 4 nitrogen and oxygen atoms in total. The number of allylic oxidation sites excluding steroid dienone is 1. The van der Waals surface area contributed by atoms with Crippen LogP contribution in [0.15, 0.2) is 30.4 Å². The predicted molar refractivity (Wildman–Crippen MR) is 107 cm³/mol. The first kappa shape index (κ1) is 22.1. The number of rotatable bonds is 14. The molecular weight excluding hydrogens is 326 g/mol. The third-order valence-corrected chi connectivity index (χ3v) is 4.57. The fraction of sp³-hybridized carbons (Fsp3) is 0.591. The first-order valence-electron chi connectivity index (χ1n) is 9.86. The number of ether oxygens (including phenoxy) is 1. The number of hydrogen-bond acceptors (Lipinski definition) is 3. The highest BCUT2D eigenvalue weighted by Crippen LogP contribution is 2.26. The van der Waals surface area contributed by atoms with Crippen LogP contribution in [-0.4, -0.2) is 18.1 Å². The highest BCUT2D eigenvalue weighted by atomic mass is 16.5. The zero-order chi connectivity index (χ0) is 19.2. The number of unbranched alkanes of at least 4 members (excludes halogenated alkanes) is 6. The van der Waals surface area contributed by atoms with Crippen LogP contribution in [0.1, 0.15) is 76.7 Å². The Hall–Kier alpha value is -1.97.